The molecule has 0 atom stereocenters. The number of aryl methyl sites for hydroxylation is 2. The van der Waals surface area contributed by atoms with Gasteiger partial charge in [-0.3, -0.25) is 0 Å². The first-order valence-corrected chi connectivity index (χ1v) is 16.4. The molecule has 0 aliphatic rings. The van der Waals surface area contributed by atoms with Crippen LogP contribution in [0.1, 0.15) is 181 Å². The van der Waals surface area contributed by atoms with Gasteiger partial charge in [-0.1, -0.05) is 143 Å². The molecule has 1 aromatic rings. The molecule has 0 N–H and O–H groups in total. The van der Waals surface area contributed by atoms with Gasteiger partial charge < -0.3 is 0 Å². The highest BCUT2D eigenvalue weighted by atomic mass is 15.1. The Kier molecular flexibility index (Phi) is 22.9. The number of unbranched alkanes of at least 4 members (excludes halogenated alkanes) is 21. The summed E-state index contributed by atoms with van der Waals surface area (Å²) >= 11 is 0. The van der Waals surface area contributed by atoms with E-state index >= 15 is 0 Å². The fourth-order valence-corrected chi connectivity index (χ4v) is 5.44. The monoisotopic (exact) mass is 490 g/mol. The molecule has 1 heterocycles. The van der Waals surface area contributed by atoms with E-state index < -0.39 is 0 Å². The van der Waals surface area contributed by atoms with Crippen LogP contribution in [0.3, 0.4) is 0 Å². The third-order valence-electron chi connectivity index (χ3n) is 7.85. The summed E-state index contributed by atoms with van der Waals surface area (Å²) in [6, 6.07) is 0. The van der Waals surface area contributed by atoms with Gasteiger partial charge in [0.1, 0.15) is 12.4 Å². The minimum absolute atomic E-state index is 1.23. The number of rotatable bonds is 27. The Morgan fingerprint density at radius 3 is 1.37 bits per heavy atom. The standard InChI is InChI=1S/C33H65N2/c1-4-7-10-13-15-17-18-20-22-24-27-30-35-32-31-34(33(35)28-25-12-9-6-3)29-26-23-21-19-16-14-11-8-5-2/h31-32H,4-30H2,1-3H3/q+1. The fourth-order valence-electron chi connectivity index (χ4n) is 5.44. The zero-order valence-corrected chi connectivity index (χ0v) is 24.6. The molecule has 2 nitrogen and oxygen atoms in total. The lowest BCUT2D eigenvalue weighted by molar-refractivity contribution is -0.704. The van der Waals surface area contributed by atoms with E-state index in [2.05, 4.69) is 42.3 Å². The highest BCUT2D eigenvalue weighted by molar-refractivity contribution is 4.84. The molecule has 1 rings (SSSR count). The lowest BCUT2D eigenvalue weighted by Crippen LogP contribution is -2.37. The van der Waals surface area contributed by atoms with Gasteiger partial charge in [0.2, 0.25) is 0 Å². The summed E-state index contributed by atoms with van der Waals surface area (Å²) in [4.78, 5) is 0. The molecular weight excluding hydrogens is 424 g/mol. The van der Waals surface area contributed by atoms with Crippen molar-refractivity contribution in [2.45, 2.75) is 194 Å². The van der Waals surface area contributed by atoms with Gasteiger partial charge in [-0.05, 0) is 32.1 Å². The van der Waals surface area contributed by atoms with E-state index in [1.165, 1.54) is 174 Å². The van der Waals surface area contributed by atoms with Crippen LogP contribution in [0.15, 0.2) is 12.4 Å². The molecule has 0 saturated carbocycles. The first-order chi connectivity index (χ1) is 17.3. The largest absolute Gasteiger partial charge is 0.256 e. The summed E-state index contributed by atoms with van der Waals surface area (Å²) in [6.07, 6.45) is 40.0. The van der Waals surface area contributed by atoms with Gasteiger partial charge in [-0.25, -0.2) is 9.13 Å². The summed E-state index contributed by atoms with van der Waals surface area (Å²) in [5, 5.41) is 0. The molecule has 1 aromatic heterocycles. The number of nitrogens with zero attached hydrogens (tertiary/aromatic N) is 2. The van der Waals surface area contributed by atoms with Crippen LogP contribution in [0.4, 0.5) is 0 Å². The second-order valence-electron chi connectivity index (χ2n) is 11.3. The molecule has 0 saturated heterocycles. The lowest BCUT2D eigenvalue weighted by Gasteiger charge is -2.07. The van der Waals surface area contributed by atoms with Crippen molar-refractivity contribution in [3.05, 3.63) is 18.2 Å². The van der Waals surface area contributed by atoms with Crippen molar-refractivity contribution in [1.29, 1.82) is 0 Å². The SMILES string of the molecule is CCCCCCCCCCCCCn1cc[n+](CCCCCCCCCCC)c1CCCCCC. The maximum Gasteiger partial charge on any atom is 0.256 e. The normalized spacial score (nSPS) is 11.5. The Labute approximate surface area is 221 Å². The Bertz CT molecular complexity index is 547. The molecule has 0 radical (unpaired) electrons. The second-order valence-corrected chi connectivity index (χ2v) is 11.3. The highest BCUT2D eigenvalue weighted by Gasteiger charge is 2.16. The van der Waals surface area contributed by atoms with Crippen LogP contribution in [0.25, 0.3) is 0 Å². The summed E-state index contributed by atoms with van der Waals surface area (Å²) in [6.45, 7) is 9.38. The zero-order valence-electron chi connectivity index (χ0n) is 24.6. The van der Waals surface area contributed by atoms with E-state index in [-0.39, 0.29) is 0 Å². The van der Waals surface area contributed by atoms with Crippen molar-refractivity contribution in [1.82, 2.24) is 4.57 Å². The third kappa shape index (κ3) is 18.2. The maximum absolute atomic E-state index is 2.60. The van der Waals surface area contributed by atoms with Crippen LogP contribution < -0.4 is 4.57 Å². The van der Waals surface area contributed by atoms with E-state index in [9.17, 15) is 0 Å². The molecule has 0 unspecified atom stereocenters. The minimum Gasteiger partial charge on any atom is -0.234 e. The van der Waals surface area contributed by atoms with Crippen LogP contribution in [-0.4, -0.2) is 4.57 Å². The summed E-state index contributed by atoms with van der Waals surface area (Å²) < 4.78 is 5.21. The molecule has 0 aliphatic heterocycles. The molecule has 0 bridgehead atoms. The van der Waals surface area contributed by atoms with Crippen LogP contribution in [0, 0.1) is 0 Å². The first-order valence-electron chi connectivity index (χ1n) is 16.4. The van der Waals surface area contributed by atoms with Crippen molar-refractivity contribution >= 4 is 0 Å². The van der Waals surface area contributed by atoms with Crippen molar-refractivity contribution in [3.8, 4) is 0 Å². The van der Waals surface area contributed by atoms with Gasteiger partial charge >= 0.3 is 0 Å². The average molecular weight is 490 g/mol. The van der Waals surface area contributed by atoms with Crippen LogP contribution in [0.5, 0.6) is 0 Å². The Morgan fingerprint density at radius 1 is 0.486 bits per heavy atom. The average Bonchev–Trinajstić information content (AvgIpc) is 3.25. The Balaban J connectivity index is 2.26. The number of hydrogen-bond donors (Lipinski definition) is 0. The van der Waals surface area contributed by atoms with E-state index in [1.54, 1.807) is 5.82 Å². The van der Waals surface area contributed by atoms with Crippen LogP contribution in [-0.2, 0) is 19.5 Å². The van der Waals surface area contributed by atoms with Gasteiger partial charge in [0.25, 0.3) is 5.82 Å². The molecule has 0 fully saturated rings. The molecule has 0 spiro atoms. The number of imidazole rings is 1. The lowest BCUT2D eigenvalue weighted by atomic mass is 10.1. The summed E-state index contributed by atoms with van der Waals surface area (Å²) in [5.41, 5.74) is 0. The molecule has 206 valence electrons. The van der Waals surface area contributed by atoms with Crippen LogP contribution in [0.2, 0.25) is 0 Å². The van der Waals surface area contributed by atoms with E-state index in [0.29, 0.717) is 0 Å². The quantitative estimate of drug-likeness (QED) is 0.0858. The molecule has 2 heteroatoms. The van der Waals surface area contributed by atoms with E-state index in [1.807, 2.05) is 0 Å². The van der Waals surface area contributed by atoms with Gasteiger partial charge in [-0.15, -0.1) is 0 Å². The zero-order chi connectivity index (χ0) is 25.2. The van der Waals surface area contributed by atoms with Crippen LogP contribution >= 0.6 is 0 Å². The summed E-state index contributed by atoms with van der Waals surface area (Å²) in [5.74, 6) is 1.60. The second kappa shape index (κ2) is 24.9. The fraction of sp³-hybridized carbons (Fsp3) is 0.909. The van der Waals surface area contributed by atoms with Crippen molar-refractivity contribution < 1.29 is 4.57 Å². The molecule has 35 heavy (non-hydrogen) atoms. The smallest absolute Gasteiger partial charge is 0.234 e. The van der Waals surface area contributed by atoms with Crippen molar-refractivity contribution in [2.75, 3.05) is 0 Å². The van der Waals surface area contributed by atoms with Gasteiger partial charge in [-0.2, -0.15) is 0 Å². The van der Waals surface area contributed by atoms with Gasteiger partial charge in [0, 0.05) is 6.42 Å². The molecule has 0 aromatic carbocycles. The predicted molar refractivity (Wildman–Crippen MR) is 156 cm³/mol. The van der Waals surface area contributed by atoms with Gasteiger partial charge in [0.05, 0.1) is 13.1 Å². The first kappa shape index (κ1) is 32.2. The van der Waals surface area contributed by atoms with Crippen molar-refractivity contribution in [3.63, 3.8) is 0 Å². The van der Waals surface area contributed by atoms with E-state index in [0.717, 1.165) is 0 Å². The van der Waals surface area contributed by atoms with Crippen molar-refractivity contribution in [2.24, 2.45) is 0 Å². The highest BCUT2D eigenvalue weighted by Crippen LogP contribution is 2.14. The topological polar surface area (TPSA) is 8.81 Å². The summed E-state index contributed by atoms with van der Waals surface area (Å²) in [7, 11) is 0. The molecule has 0 amide bonds. The van der Waals surface area contributed by atoms with Gasteiger partial charge in [0.15, 0.2) is 0 Å². The molecular formula is C33H65N2+. The number of aromatic nitrogens is 2. The minimum atomic E-state index is 1.23. The molecule has 0 aliphatic carbocycles. The number of hydrogen-bond acceptors (Lipinski definition) is 0. The Morgan fingerprint density at radius 2 is 0.886 bits per heavy atom. The Hall–Kier alpha value is -0.790. The predicted octanol–water partition coefficient (Wildman–Crippen LogP) is 10.7. The maximum atomic E-state index is 2.60. The third-order valence-corrected chi connectivity index (χ3v) is 7.85. The van der Waals surface area contributed by atoms with E-state index in [4.69, 9.17) is 0 Å².